The van der Waals surface area contributed by atoms with Gasteiger partial charge in [-0.15, -0.1) is 0 Å². The normalized spacial score (nSPS) is 11.4. The molecule has 0 aliphatic carbocycles. The maximum atomic E-state index is 9.04. The molecular formula is C18H21BrClN5O. The molecule has 3 aromatic heterocycles. The summed E-state index contributed by atoms with van der Waals surface area (Å²) in [7, 11) is 0. The van der Waals surface area contributed by atoms with Crippen molar-refractivity contribution in [3.05, 3.63) is 44.4 Å². The lowest BCUT2D eigenvalue weighted by Crippen LogP contribution is -2.06. The Hall–Kier alpha value is -1.70. The van der Waals surface area contributed by atoms with Crippen molar-refractivity contribution in [2.45, 2.75) is 39.7 Å². The first-order valence-corrected chi connectivity index (χ1v) is 9.61. The molecular weight excluding hydrogens is 418 g/mol. The highest BCUT2D eigenvalue weighted by molar-refractivity contribution is 9.10. The molecule has 8 heteroatoms. The molecule has 0 aromatic carbocycles. The van der Waals surface area contributed by atoms with E-state index in [9.17, 15) is 0 Å². The molecule has 0 amide bonds. The van der Waals surface area contributed by atoms with Crippen LogP contribution in [-0.4, -0.2) is 31.2 Å². The Morgan fingerprint density at radius 3 is 2.77 bits per heavy atom. The predicted octanol–water partition coefficient (Wildman–Crippen LogP) is 3.80. The lowest BCUT2D eigenvalue weighted by Gasteiger charge is -2.10. The molecule has 0 aliphatic heterocycles. The van der Waals surface area contributed by atoms with Gasteiger partial charge in [0.15, 0.2) is 0 Å². The van der Waals surface area contributed by atoms with E-state index in [0.717, 1.165) is 51.5 Å². The van der Waals surface area contributed by atoms with Crippen LogP contribution in [-0.2, 0) is 13.0 Å². The molecule has 0 radical (unpaired) electrons. The van der Waals surface area contributed by atoms with Crippen molar-refractivity contribution in [1.29, 1.82) is 0 Å². The van der Waals surface area contributed by atoms with Gasteiger partial charge in [-0.05, 0) is 49.8 Å². The molecule has 0 aliphatic rings. The van der Waals surface area contributed by atoms with Crippen molar-refractivity contribution in [3.8, 4) is 0 Å². The third-order valence-corrected chi connectivity index (χ3v) is 5.96. The summed E-state index contributed by atoms with van der Waals surface area (Å²) in [5, 5.41) is 10.2. The topological polar surface area (TPSA) is 89.8 Å². The molecule has 3 aromatic rings. The van der Waals surface area contributed by atoms with Gasteiger partial charge in [0.25, 0.3) is 0 Å². The highest BCUT2D eigenvalue weighted by atomic mass is 79.9. The summed E-state index contributed by atoms with van der Waals surface area (Å²) in [5.74, 6) is 0.151. The van der Waals surface area contributed by atoms with Gasteiger partial charge in [-0.3, -0.25) is 4.98 Å². The van der Waals surface area contributed by atoms with Gasteiger partial charge in [-0.25, -0.2) is 4.98 Å². The minimum atomic E-state index is 0.151. The Bertz CT molecular complexity index is 957. The number of nitrogens with two attached hydrogens (primary N) is 1. The quantitative estimate of drug-likeness (QED) is 0.451. The molecule has 0 bridgehead atoms. The van der Waals surface area contributed by atoms with Gasteiger partial charge in [0.05, 0.1) is 17.6 Å². The number of aliphatic hydroxyl groups is 1. The van der Waals surface area contributed by atoms with E-state index in [0.29, 0.717) is 17.3 Å². The highest BCUT2D eigenvalue weighted by Crippen LogP contribution is 2.30. The average molecular weight is 439 g/mol. The number of aryl methyl sites for hydroxylation is 2. The summed E-state index contributed by atoms with van der Waals surface area (Å²) in [5.41, 5.74) is 10.7. The lowest BCUT2D eigenvalue weighted by atomic mass is 10.1. The summed E-state index contributed by atoms with van der Waals surface area (Å²) >= 11 is 9.98. The Morgan fingerprint density at radius 2 is 2.04 bits per heavy atom. The average Bonchev–Trinajstić information content (AvgIpc) is 2.93. The molecule has 3 heterocycles. The second kappa shape index (κ2) is 7.90. The molecule has 3 N–H and O–H groups in total. The first kappa shape index (κ1) is 19.1. The zero-order valence-corrected chi connectivity index (χ0v) is 17.1. The number of nitrogen functional groups attached to an aromatic ring is 1. The minimum absolute atomic E-state index is 0.151. The number of fused-ring (bicyclic) bond motifs is 1. The molecule has 0 fully saturated rings. The molecule has 138 valence electrons. The largest absolute Gasteiger partial charge is 0.396 e. The number of hydrogen-bond donors (Lipinski definition) is 2. The van der Waals surface area contributed by atoms with E-state index in [1.807, 2.05) is 30.8 Å². The van der Waals surface area contributed by atoms with E-state index < -0.39 is 0 Å². The van der Waals surface area contributed by atoms with Gasteiger partial charge in [0, 0.05) is 23.5 Å². The zero-order valence-electron chi connectivity index (χ0n) is 14.8. The van der Waals surface area contributed by atoms with Gasteiger partial charge in [0.2, 0.25) is 5.95 Å². The lowest BCUT2D eigenvalue weighted by molar-refractivity contribution is 0.284. The van der Waals surface area contributed by atoms with Crippen molar-refractivity contribution < 1.29 is 5.11 Å². The van der Waals surface area contributed by atoms with Crippen LogP contribution < -0.4 is 5.73 Å². The Labute approximate surface area is 165 Å². The van der Waals surface area contributed by atoms with Crippen LogP contribution in [0.25, 0.3) is 11.0 Å². The number of hydrogen-bond acceptors (Lipinski definition) is 5. The third-order valence-electron chi connectivity index (χ3n) is 4.46. The molecule has 3 rings (SSSR count). The summed E-state index contributed by atoms with van der Waals surface area (Å²) in [4.78, 5) is 13.1. The minimum Gasteiger partial charge on any atom is -0.396 e. The number of halogens is 2. The van der Waals surface area contributed by atoms with Crippen LogP contribution in [0.5, 0.6) is 0 Å². The molecule has 0 unspecified atom stereocenters. The number of aromatic nitrogens is 4. The predicted molar refractivity (Wildman–Crippen MR) is 107 cm³/mol. The molecule has 0 saturated carbocycles. The SMILES string of the molecule is Cc1cnc(Cn2cc(CCCCO)c3c(Cl)nc(N)nc32)c(C)c1Br. The second-order valence-corrected chi connectivity index (χ2v) is 7.51. The smallest absolute Gasteiger partial charge is 0.223 e. The van der Waals surface area contributed by atoms with E-state index in [2.05, 4.69) is 30.9 Å². The Kier molecular flexibility index (Phi) is 5.79. The zero-order chi connectivity index (χ0) is 18.8. The van der Waals surface area contributed by atoms with Crippen LogP contribution in [0.15, 0.2) is 16.9 Å². The van der Waals surface area contributed by atoms with Gasteiger partial charge >= 0.3 is 0 Å². The fourth-order valence-electron chi connectivity index (χ4n) is 3.04. The van der Waals surface area contributed by atoms with E-state index in [-0.39, 0.29) is 12.6 Å². The number of pyridine rings is 1. The maximum absolute atomic E-state index is 9.04. The van der Waals surface area contributed by atoms with Crippen LogP contribution in [0.4, 0.5) is 5.95 Å². The second-order valence-electron chi connectivity index (χ2n) is 6.36. The maximum Gasteiger partial charge on any atom is 0.223 e. The van der Waals surface area contributed by atoms with E-state index in [1.54, 1.807) is 0 Å². The van der Waals surface area contributed by atoms with Crippen LogP contribution >= 0.6 is 27.5 Å². The van der Waals surface area contributed by atoms with Crippen LogP contribution in [0.1, 0.15) is 35.2 Å². The summed E-state index contributed by atoms with van der Waals surface area (Å²) in [6.07, 6.45) is 6.30. The fourth-order valence-corrected chi connectivity index (χ4v) is 3.67. The van der Waals surface area contributed by atoms with E-state index in [4.69, 9.17) is 22.4 Å². The summed E-state index contributed by atoms with van der Waals surface area (Å²) < 4.78 is 3.08. The fraction of sp³-hybridized carbons (Fsp3) is 0.389. The summed E-state index contributed by atoms with van der Waals surface area (Å²) in [6, 6.07) is 0. The van der Waals surface area contributed by atoms with Gasteiger partial charge < -0.3 is 15.4 Å². The van der Waals surface area contributed by atoms with E-state index in [1.165, 1.54) is 0 Å². The van der Waals surface area contributed by atoms with Crippen molar-refractivity contribution in [2.75, 3.05) is 12.3 Å². The van der Waals surface area contributed by atoms with Crippen molar-refractivity contribution >= 4 is 44.5 Å². The number of anilines is 1. The van der Waals surface area contributed by atoms with Crippen LogP contribution in [0.2, 0.25) is 5.15 Å². The van der Waals surface area contributed by atoms with Gasteiger partial charge in [-0.2, -0.15) is 4.98 Å². The monoisotopic (exact) mass is 437 g/mol. The van der Waals surface area contributed by atoms with Crippen LogP contribution in [0, 0.1) is 13.8 Å². The van der Waals surface area contributed by atoms with Crippen molar-refractivity contribution in [2.24, 2.45) is 0 Å². The van der Waals surface area contributed by atoms with Crippen molar-refractivity contribution in [3.63, 3.8) is 0 Å². The van der Waals surface area contributed by atoms with Crippen LogP contribution in [0.3, 0.4) is 0 Å². The Balaban J connectivity index is 2.07. The molecule has 0 spiro atoms. The standard InChI is InChI=1S/C18H21BrClN5O/c1-10-7-22-13(11(2)15(10)19)9-25-8-12(5-3-4-6-26)14-16(20)23-18(21)24-17(14)25/h7-8,26H,3-6,9H2,1-2H3,(H2,21,23,24). The third kappa shape index (κ3) is 3.70. The molecule has 0 saturated heterocycles. The molecule has 26 heavy (non-hydrogen) atoms. The summed E-state index contributed by atoms with van der Waals surface area (Å²) in [6.45, 7) is 4.81. The first-order valence-electron chi connectivity index (χ1n) is 8.44. The number of nitrogens with zero attached hydrogens (tertiary/aromatic N) is 4. The number of unbranched alkanes of at least 4 members (excludes halogenated alkanes) is 1. The van der Waals surface area contributed by atoms with Crippen molar-refractivity contribution in [1.82, 2.24) is 19.5 Å². The van der Waals surface area contributed by atoms with E-state index >= 15 is 0 Å². The number of aliphatic hydroxyl groups excluding tert-OH is 1. The molecule has 6 nitrogen and oxygen atoms in total. The number of rotatable bonds is 6. The van der Waals surface area contributed by atoms with Gasteiger partial charge in [-0.1, -0.05) is 27.5 Å². The highest BCUT2D eigenvalue weighted by Gasteiger charge is 2.17. The van der Waals surface area contributed by atoms with Gasteiger partial charge in [0.1, 0.15) is 10.8 Å². The first-order chi connectivity index (χ1) is 12.4. The molecule has 0 atom stereocenters. The Morgan fingerprint density at radius 1 is 1.27 bits per heavy atom.